The number of aliphatic hydroxyl groups excluding tert-OH is 1. The van der Waals surface area contributed by atoms with E-state index in [0.717, 1.165) is 11.1 Å². The molecule has 4 rings (SSSR count). The van der Waals surface area contributed by atoms with Gasteiger partial charge in [-0.1, -0.05) is 18.2 Å². The molecule has 8 heteroatoms. The van der Waals surface area contributed by atoms with Crippen LogP contribution in [0.2, 0.25) is 5.02 Å². The number of aromatic nitrogens is 4. The van der Waals surface area contributed by atoms with Gasteiger partial charge in [-0.3, -0.25) is 4.68 Å². The molecule has 0 bridgehead atoms. The van der Waals surface area contributed by atoms with Gasteiger partial charge >= 0.3 is 0 Å². The van der Waals surface area contributed by atoms with Crippen LogP contribution in [-0.4, -0.2) is 30.9 Å². The third kappa shape index (κ3) is 3.05. The molecule has 6 nitrogen and oxygen atoms in total. The zero-order chi connectivity index (χ0) is 19.0. The standard InChI is InChI=1S/C19H13ClFN5O/c1-22-18-9-23-17-5-3-13(10-26(17)18)14-11-25(6-7-27)24-19(14)12-2-4-16(21)15(20)8-12/h2-5,8-11,27H,6-7H2. The van der Waals surface area contributed by atoms with E-state index in [4.69, 9.17) is 18.2 Å². The molecule has 0 aliphatic heterocycles. The van der Waals surface area contributed by atoms with Crippen LogP contribution in [0.15, 0.2) is 48.9 Å². The zero-order valence-electron chi connectivity index (χ0n) is 14.0. The highest BCUT2D eigenvalue weighted by Gasteiger charge is 2.17. The van der Waals surface area contributed by atoms with Crippen molar-refractivity contribution < 1.29 is 9.50 Å². The van der Waals surface area contributed by atoms with E-state index in [0.29, 0.717) is 29.3 Å². The predicted octanol–water partition coefficient (Wildman–Crippen LogP) is 4.20. The van der Waals surface area contributed by atoms with Gasteiger partial charge in [-0.05, 0) is 24.3 Å². The number of hydrogen-bond donors (Lipinski definition) is 1. The molecule has 1 N–H and O–H groups in total. The van der Waals surface area contributed by atoms with E-state index >= 15 is 0 Å². The number of hydrogen-bond acceptors (Lipinski definition) is 3. The maximum Gasteiger partial charge on any atom is 0.254 e. The molecule has 0 radical (unpaired) electrons. The van der Waals surface area contributed by atoms with E-state index in [9.17, 15) is 9.50 Å². The number of nitrogens with zero attached hydrogens (tertiary/aromatic N) is 5. The summed E-state index contributed by atoms with van der Waals surface area (Å²) in [7, 11) is 0. The lowest BCUT2D eigenvalue weighted by Gasteiger charge is -2.04. The first-order valence-electron chi connectivity index (χ1n) is 8.09. The fourth-order valence-corrected chi connectivity index (χ4v) is 3.10. The minimum absolute atomic E-state index is 0.00973. The normalized spacial score (nSPS) is 11.0. The van der Waals surface area contributed by atoms with E-state index in [-0.39, 0.29) is 11.6 Å². The van der Waals surface area contributed by atoms with Gasteiger partial charge in [-0.25, -0.2) is 13.8 Å². The Morgan fingerprint density at radius 1 is 1.19 bits per heavy atom. The van der Waals surface area contributed by atoms with Crippen molar-refractivity contribution in [1.29, 1.82) is 0 Å². The number of benzene rings is 1. The van der Waals surface area contributed by atoms with Gasteiger partial charge in [0.1, 0.15) is 11.5 Å². The fourth-order valence-electron chi connectivity index (χ4n) is 2.92. The molecule has 0 aliphatic rings. The minimum atomic E-state index is -0.502. The number of halogens is 2. The Hall–Kier alpha value is -3.21. The second kappa shape index (κ2) is 6.83. The smallest absolute Gasteiger partial charge is 0.254 e. The van der Waals surface area contributed by atoms with Gasteiger partial charge in [0.15, 0.2) is 0 Å². The average molecular weight is 382 g/mol. The summed E-state index contributed by atoms with van der Waals surface area (Å²) in [6.45, 7) is 7.53. The van der Waals surface area contributed by atoms with Crippen LogP contribution in [0.25, 0.3) is 32.9 Å². The van der Waals surface area contributed by atoms with E-state index < -0.39 is 5.82 Å². The molecule has 1 aromatic carbocycles. The van der Waals surface area contributed by atoms with Crippen LogP contribution in [0, 0.1) is 12.4 Å². The van der Waals surface area contributed by atoms with Crippen molar-refractivity contribution in [3.8, 4) is 22.4 Å². The van der Waals surface area contributed by atoms with E-state index in [1.54, 1.807) is 21.3 Å². The first-order chi connectivity index (χ1) is 13.1. The van der Waals surface area contributed by atoms with Gasteiger partial charge in [0.2, 0.25) is 5.65 Å². The third-order valence-corrected chi connectivity index (χ3v) is 4.49. The monoisotopic (exact) mass is 381 g/mol. The van der Waals surface area contributed by atoms with Gasteiger partial charge < -0.3 is 9.95 Å². The third-order valence-electron chi connectivity index (χ3n) is 4.20. The van der Waals surface area contributed by atoms with Crippen molar-refractivity contribution in [2.24, 2.45) is 0 Å². The highest BCUT2D eigenvalue weighted by Crippen LogP contribution is 2.33. The topological polar surface area (TPSA) is 59.7 Å². The van der Waals surface area contributed by atoms with Crippen LogP contribution < -0.4 is 0 Å². The number of fused-ring (bicyclic) bond motifs is 1. The molecule has 134 valence electrons. The highest BCUT2D eigenvalue weighted by molar-refractivity contribution is 6.31. The number of aliphatic hydroxyl groups is 1. The van der Waals surface area contributed by atoms with Crippen LogP contribution in [-0.2, 0) is 6.54 Å². The highest BCUT2D eigenvalue weighted by atomic mass is 35.5. The Morgan fingerprint density at radius 3 is 2.74 bits per heavy atom. The molecule has 0 amide bonds. The summed E-state index contributed by atoms with van der Waals surface area (Å²) in [6, 6.07) is 8.12. The summed E-state index contributed by atoms with van der Waals surface area (Å²) in [4.78, 5) is 7.66. The van der Waals surface area contributed by atoms with E-state index in [2.05, 4.69) is 14.9 Å². The molecule has 0 atom stereocenters. The molecule has 27 heavy (non-hydrogen) atoms. The van der Waals surface area contributed by atoms with Gasteiger partial charge in [0.25, 0.3) is 5.82 Å². The zero-order valence-corrected chi connectivity index (χ0v) is 14.7. The lowest BCUT2D eigenvalue weighted by molar-refractivity contribution is 0.269. The van der Waals surface area contributed by atoms with Crippen molar-refractivity contribution in [3.05, 3.63) is 71.2 Å². The molecule has 0 saturated carbocycles. The van der Waals surface area contributed by atoms with Gasteiger partial charge in [0.05, 0.1) is 30.6 Å². The molecule has 0 aliphatic carbocycles. The Balaban J connectivity index is 1.91. The lowest BCUT2D eigenvalue weighted by Crippen LogP contribution is -2.02. The summed E-state index contributed by atoms with van der Waals surface area (Å²) in [5.41, 5.74) is 3.51. The first-order valence-corrected chi connectivity index (χ1v) is 8.47. The Kier molecular flexibility index (Phi) is 4.36. The molecule has 0 fully saturated rings. The van der Waals surface area contributed by atoms with Gasteiger partial charge in [0, 0.05) is 29.0 Å². The Bertz CT molecular complexity index is 1190. The van der Waals surface area contributed by atoms with Crippen LogP contribution in [0.4, 0.5) is 10.2 Å². The molecular weight excluding hydrogens is 369 g/mol. The minimum Gasteiger partial charge on any atom is -0.394 e. The molecule has 0 unspecified atom stereocenters. The van der Waals surface area contributed by atoms with Gasteiger partial charge in [-0.2, -0.15) is 5.10 Å². The Morgan fingerprint density at radius 2 is 2.00 bits per heavy atom. The van der Waals surface area contributed by atoms with Crippen LogP contribution >= 0.6 is 11.6 Å². The number of rotatable bonds is 4. The molecule has 0 spiro atoms. The summed E-state index contributed by atoms with van der Waals surface area (Å²) in [6.07, 6.45) is 5.13. The lowest BCUT2D eigenvalue weighted by atomic mass is 10.0. The molecule has 0 saturated heterocycles. The van der Waals surface area contributed by atoms with Crippen molar-refractivity contribution in [3.63, 3.8) is 0 Å². The molecule has 3 aromatic heterocycles. The SMILES string of the molecule is [C-]#[N+]c1cnc2ccc(-c3cn(CCO)nc3-c3ccc(F)c(Cl)c3)cn12. The van der Waals surface area contributed by atoms with E-state index in [1.807, 2.05) is 18.3 Å². The quantitative estimate of drug-likeness (QED) is 0.539. The summed E-state index contributed by atoms with van der Waals surface area (Å²) in [5.74, 6) is -0.0979. The predicted molar refractivity (Wildman–Crippen MR) is 100 cm³/mol. The van der Waals surface area contributed by atoms with Gasteiger partial charge in [-0.15, -0.1) is 0 Å². The maximum atomic E-state index is 13.6. The number of pyridine rings is 1. The average Bonchev–Trinajstić information content (AvgIpc) is 3.27. The van der Waals surface area contributed by atoms with Crippen molar-refractivity contribution in [2.75, 3.05) is 6.61 Å². The van der Waals surface area contributed by atoms with Crippen molar-refractivity contribution in [2.45, 2.75) is 6.54 Å². The summed E-state index contributed by atoms with van der Waals surface area (Å²) >= 11 is 5.94. The van der Waals surface area contributed by atoms with Crippen LogP contribution in [0.1, 0.15) is 0 Å². The number of imidazole rings is 1. The molecule has 3 heterocycles. The summed E-state index contributed by atoms with van der Waals surface area (Å²) < 4.78 is 16.9. The Labute approximate surface area is 158 Å². The second-order valence-corrected chi connectivity index (χ2v) is 6.29. The summed E-state index contributed by atoms with van der Waals surface area (Å²) in [5, 5.41) is 13.8. The fraction of sp³-hybridized carbons (Fsp3) is 0.105. The molecular formula is C19H13ClFN5O. The second-order valence-electron chi connectivity index (χ2n) is 5.88. The van der Waals surface area contributed by atoms with Crippen molar-refractivity contribution in [1.82, 2.24) is 19.2 Å². The van der Waals surface area contributed by atoms with Crippen molar-refractivity contribution >= 4 is 23.1 Å². The van der Waals surface area contributed by atoms with Crippen LogP contribution in [0.5, 0.6) is 0 Å². The first kappa shape index (κ1) is 17.2. The largest absolute Gasteiger partial charge is 0.394 e. The maximum absolute atomic E-state index is 13.6. The van der Waals surface area contributed by atoms with E-state index in [1.165, 1.54) is 18.3 Å². The molecule has 4 aromatic rings. The van der Waals surface area contributed by atoms with Crippen LogP contribution in [0.3, 0.4) is 0 Å².